The number of hydrogen-bond donors (Lipinski definition) is 0. The first kappa shape index (κ1) is 6.46. The van der Waals surface area contributed by atoms with Crippen molar-refractivity contribution in [3.05, 3.63) is 24.3 Å². The predicted octanol–water partition coefficient (Wildman–Crippen LogP) is 0.923. The molecule has 1 aromatic heterocycles. The molecule has 0 amide bonds. The summed E-state index contributed by atoms with van der Waals surface area (Å²) in [4.78, 5) is 18.7. The molecule has 56 valence electrons. The highest BCUT2D eigenvalue weighted by Crippen LogP contribution is 2.31. The van der Waals surface area contributed by atoms with Crippen LogP contribution >= 0.6 is 0 Å². The molecule has 0 aromatic carbocycles. The minimum Gasteiger partial charge on any atom is -0.300 e. The molecular weight excluding hydrogens is 140 g/mol. The first-order valence-electron chi connectivity index (χ1n) is 3.64. The van der Waals surface area contributed by atoms with Crippen LogP contribution in [0.3, 0.4) is 0 Å². The fourth-order valence-corrected chi connectivity index (χ4v) is 1.22. The molecule has 1 aromatic rings. The highest BCUT2D eigenvalue weighted by Gasteiger charge is 2.28. The topological polar surface area (TPSA) is 42.9 Å². The van der Waals surface area contributed by atoms with E-state index < -0.39 is 0 Å². The molecule has 0 bridgehead atoms. The van der Waals surface area contributed by atoms with Crippen molar-refractivity contribution in [2.75, 3.05) is 0 Å². The van der Waals surface area contributed by atoms with Crippen molar-refractivity contribution in [2.45, 2.75) is 18.8 Å². The molecule has 1 heterocycles. The molecule has 1 aliphatic carbocycles. The van der Waals surface area contributed by atoms with Crippen molar-refractivity contribution in [2.24, 2.45) is 0 Å². The van der Waals surface area contributed by atoms with Crippen molar-refractivity contribution in [3.8, 4) is 0 Å². The third-order valence-corrected chi connectivity index (χ3v) is 1.95. The van der Waals surface area contributed by atoms with E-state index in [1.807, 2.05) is 0 Å². The highest BCUT2D eigenvalue weighted by molar-refractivity contribution is 5.86. The molecule has 0 unspecified atom stereocenters. The van der Waals surface area contributed by atoms with Crippen LogP contribution in [0.15, 0.2) is 18.6 Å². The average molecular weight is 148 g/mol. The van der Waals surface area contributed by atoms with Crippen LogP contribution in [0.1, 0.15) is 24.5 Å². The second-order valence-electron chi connectivity index (χ2n) is 2.77. The molecule has 0 atom stereocenters. The van der Waals surface area contributed by atoms with Crippen LogP contribution in [0.25, 0.3) is 0 Å². The number of ketones is 1. The molecule has 11 heavy (non-hydrogen) atoms. The maximum Gasteiger partial charge on any atom is 0.134 e. The zero-order valence-corrected chi connectivity index (χ0v) is 6.03. The lowest BCUT2D eigenvalue weighted by atomic mass is 9.82. The predicted molar refractivity (Wildman–Crippen MR) is 39.0 cm³/mol. The van der Waals surface area contributed by atoms with E-state index >= 15 is 0 Å². The van der Waals surface area contributed by atoms with Gasteiger partial charge in [0.2, 0.25) is 0 Å². The van der Waals surface area contributed by atoms with Crippen molar-refractivity contribution in [1.29, 1.82) is 0 Å². The Morgan fingerprint density at radius 3 is 2.73 bits per heavy atom. The van der Waals surface area contributed by atoms with Gasteiger partial charge in [-0.15, -0.1) is 0 Å². The highest BCUT2D eigenvalue weighted by atomic mass is 16.1. The van der Waals surface area contributed by atoms with Gasteiger partial charge in [-0.3, -0.25) is 14.8 Å². The Morgan fingerprint density at radius 1 is 1.36 bits per heavy atom. The average Bonchev–Trinajstić information content (AvgIpc) is 2.01. The van der Waals surface area contributed by atoms with Crippen LogP contribution in [0.4, 0.5) is 0 Å². The lowest BCUT2D eigenvalue weighted by molar-refractivity contribution is -0.124. The lowest BCUT2D eigenvalue weighted by Crippen LogP contribution is -2.21. The quantitative estimate of drug-likeness (QED) is 0.594. The summed E-state index contributed by atoms with van der Waals surface area (Å²) in [5.41, 5.74) is 0.951. The molecule has 0 spiro atoms. The second-order valence-corrected chi connectivity index (χ2v) is 2.77. The van der Waals surface area contributed by atoms with E-state index in [2.05, 4.69) is 9.97 Å². The van der Waals surface area contributed by atoms with Crippen molar-refractivity contribution in [3.63, 3.8) is 0 Å². The Balaban J connectivity index is 2.13. The fraction of sp³-hybridized carbons (Fsp3) is 0.375. The van der Waals surface area contributed by atoms with Gasteiger partial charge in [0.05, 0.1) is 5.69 Å². The van der Waals surface area contributed by atoms with Gasteiger partial charge < -0.3 is 0 Å². The molecule has 2 rings (SSSR count). The van der Waals surface area contributed by atoms with Gasteiger partial charge in [-0.1, -0.05) is 0 Å². The van der Waals surface area contributed by atoms with Crippen LogP contribution in [0.5, 0.6) is 0 Å². The van der Waals surface area contributed by atoms with E-state index in [1.165, 1.54) is 0 Å². The van der Waals surface area contributed by atoms with Crippen molar-refractivity contribution < 1.29 is 4.79 Å². The van der Waals surface area contributed by atoms with E-state index in [4.69, 9.17) is 0 Å². The summed E-state index contributed by atoms with van der Waals surface area (Å²) in [5, 5.41) is 0. The summed E-state index contributed by atoms with van der Waals surface area (Å²) in [7, 11) is 0. The smallest absolute Gasteiger partial charge is 0.134 e. The van der Waals surface area contributed by atoms with Crippen LogP contribution < -0.4 is 0 Å². The first-order chi connectivity index (χ1) is 5.36. The Kier molecular flexibility index (Phi) is 1.42. The summed E-state index contributed by atoms with van der Waals surface area (Å²) in [6.45, 7) is 0. The standard InChI is InChI=1S/C8H8N2O/c11-7-3-6(4-7)8-5-9-1-2-10-8/h1-2,5-6H,3-4H2. The van der Waals surface area contributed by atoms with Crippen molar-refractivity contribution >= 4 is 5.78 Å². The summed E-state index contributed by atoms with van der Waals surface area (Å²) in [6, 6.07) is 0. The van der Waals surface area contributed by atoms with E-state index in [0.29, 0.717) is 24.5 Å². The molecular formula is C8H8N2O. The second kappa shape index (κ2) is 2.42. The molecule has 1 aliphatic rings. The van der Waals surface area contributed by atoms with Gasteiger partial charge in [-0.25, -0.2) is 0 Å². The lowest BCUT2D eigenvalue weighted by Gasteiger charge is -2.22. The van der Waals surface area contributed by atoms with Gasteiger partial charge in [0.15, 0.2) is 0 Å². The number of aromatic nitrogens is 2. The Morgan fingerprint density at radius 2 is 2.18 bits per heavy atom. The summed E-state index contributed by atoms with van der Waals surface area (Å²) >= 11 is 0. The number of hydrogen-bond acceptors (Lipinski definition) is 3. The summed E-state index contributed by atoms with van der Waals surface area (Å²) in [6.07, 6.45) is 6.34. The molecule has 0 radical (unpaired) electrons. The number of rotatable bonds is 1. The third-order valence-electron chi connectivity index (χ3n) is 1.95. The Hall–Kier alpha value is -1.25. The number of carbonyl (C=O) groups excluding carboxylic acids is 1. The summed E-state index contributed by atoms with van der Waals surface area (Å²) in [5.74, 6) is 0.678. The molecule has 0 saturated heterocycles. The molecule has 1 saturated carbocycles. The minimum absolute atomic E-state index is 0.334. The molecule has 0 N–H and O–H groups in total. The molecule has 3 heteroatoms. The van der Waals surface area contributed by atoms with Gasteiger partial charge in [-0.05, 0) is 0 Å². The van der Waals surface area contributed by atoms with Gasteiger partial charge in [0.1, 0.15) is 5.78 Å². The van der Waals surface area contributed by atoms with Crippen LogP contribution in [0, 0.1) is 0 Å². The van der Waals surface area contributed by atoms with Gasteiger partial charge >= 0.3 is 0 Å². The largest absolute Gasteiger partial charge is 0.300 e. The van der Waals surface area contributed by atoms with Crippen molar-refractivity contribution in [1.82, 2.24) is 9.97 Å². The van der Waals surface area contributed by atoms with E-state index in [0.717, 1.165) is 5.69 Å². The summed E-state index contributed by atoms with van der Waals surface area (Å²) < 4.78 is 0. The van der Waals surface area contributed by atoms with Gasteiger partial charge in [0.25, 0.3) is 0 Å². The monoisotopic (exact) mass is 148 g/mol. The van der Waals surface area contributed by atoms with Crippen LogP contribution in [-0.2, 0) is 4.79 Å². The van der Waals surface area contributed by atoms with E-state index in [-0.39, 0.29) is 0 Å². The van der Waals surface area contributed by atoms with E-state index in [9.17, 15) is 4.79 Å². The Labute approximate surface area is 64.5 Å². The zero-order valence-electron chi connectivity index (χ0n) is 6.03. The third kappa shape index (κ3) is 1.13. The minimum atomic E-state index is 0.334. The first-order valence-corrected chi connectivity index (χ1v) is 3.64. The molecule has 3 nitrogen and oxygen atoms in total. The zero-order chi connectivity index (χ0) is 7.68. The Bertz CT molecular complexity index is 263. The maximum atomic E-state index is 10.6. The number of nitrogens with zero attached hydrogens (tertiary/aromatic N) is 2. The molecule has 1 fully saturated rings. The number of carbonyl (C=O) groups is 1. The van der Waals surface area contributed by atoms with Crippen LogP contribution in [-0.4, -0.2) is 15.8 Å². The normalized spacial score (nSPS) is 18.0. The van der Waals surface area contributed by atoms with Gasteiger partial charge in [-0.2, -0.15) is 0 Å². The van der Waals surface area contributed by atoms with Crippen LogP contribution in [0.2, 0.25) is 0 Å². The SMILES string of the molecule is O=C1CC(c2cnccn2)C1. The molecule has 0 aliphatic heterocycles. The van der Waals surface area contributed by atoms with Gasteiger partial charge in [0, 0.05) is 37.4 Å². The fourth-order valence-electron chi connectivity index (χ4n) is 1.22. The maximum absolute atomic E-state index is 10.6. The number of Topliss-reactive ketones (excluding diaryl/α,β-unsaturated/α-hetero) is 1. The van der Waals surface area contributed by atoms with E-state index in [1.54, 1.807) is 18.6 Å².